The SMILES string of the molecule is Cc1ccc(-c2nc(N3CCCC3)ncc2-c2ccc(C(N)=O)cc2)cc1. The molecule has 2 aromatic carbocycles. The molecule has 0 bridgehead atoms. The summed E-state index contributed by atoms with van der Waals surface area (Å²) < 4.78 is 0. The molecule has 27 heavy (non-hydrogen) atoms. The van der Waals surface area contributed by atoms with E-state index in [9.17, 15) is 4.79 Å². The number of benzene rings is 2. The third-order valence-electron chi connectivity index (χ3n) is 4.97. The average Bonchev–Trinajstić information content (AvgIpc) is 3.23. The molecule has 1 aromatic heterocycles. The Hall–Kier alpha value is -3.21. The molecule has 0 saturated carbocycles. The summed E-state index contributed by atoms with van der Waals surface area (Å²) in [6.45, 7) is 4.07. The van der Waals surface area contributed by atoms with Crippen molar-refractivity contribution in [3.8, 4) is 22.4 Å². The summed E-state index contributed by atoms with van der Waals surface area (Å²) in [5, 5.41) is 0. The Bertz CT molecular complexity index is 959. The monoisotopic (exact) mass is 358 g/mol. The van der Waals surface area contributed by atoms with E-state index in [1.807, 2.05) is 18.3 Å². The Kier molecular flexibility index (Phi) is 4.59. The van der Waals surface area contributed by atoms with Gasteiger partial charge < -0.3 is 10.6 Å². The maximum Gasteiger partial charge on any atom is 0.248 e. The van der Waals surface area contributed by atoms with Gasteiger partial charge in [0.25, 0.3) is 0 Å². The summed E-state index contributed by atoms with van der Waals surface area (Å²) in [6, 6.07) is 15.6. The zero-order valence-corrected chi connectivity index (χ0v) is 15.4. The van der Waals surface area contributed by atoms with Gasteiger partial charge in [0.1, 0.15) is 0 Å². The minimum Gasteiger partial charge on any atom is -0.366 e. The van der Waals surface area contributed by atoms with Crippen molar-refractivity contribution in [2.24, 2.45) is 5.73 Å². The van der Waals surface area contributed by atoms with Gasteiger partial charge in [0.2, 0.25) is 11.9 Å². The van der Waals surface area contributed by atoms with E-state index < -0.39 is 5.91 Å². The zero-order valence-electron chi connectivity index (χ0n) is 15.4. The molecule has 1 fully saturated rings. The number of amides is 1. The van der Waals surface area contributed by atoms with Gasteiger partial charge >= 0.3 is 0 Å². The molecule has 4 rings (SSSR count). The van der Waals surface area contributed by atoms with Crippen molar-refractivity contribution in [3.05, 3.63) is 65.9 Å². The number of hydrogen-bond acceptors (Lipinski definition) is 4. The molecule has 5 heteroatoms. The van der Waals surface area contributed by atoms with Gasteiger partial charge in [0.15, 0.2) is 0 Å². The molecule has 0 aliphatic carbocycles. The van der Waals surface area contributed by atoms with E-state index in [1.54, 1.807) is 12.1 Å². The molecule has 1 saturated heterocycles. The largest absolute Gasteiger partial charge is 0.366 e. The first-order valence-electron chi connectivity index (χ1n) is 9.21. The molecule has 1 aliphatic rings. The van der Waals surface area contributed by atoms with E-state index in [0.717, 1.165) is 41.4 Å². The van der Waals surface area contributed by atoms with Crippen LogP contribution in [0.4, 0.5) is 5.95 Å². The van der Waals surface area contributed by atoms with Crippen LogP contribution in [-0.4, -0.2) is 29.0 Å². The highest BCUT2D eigenvalue weighted by Crippen LogP contribution is 2.32. The highest BCUT2D eigenvalue weighted by molar-refractivity contribution is 5.93. The van der Waals surface area contributed by atoms with Crippen molar-refractivity contribution in [3.63, 3.8) is 0 Å². The van der Waals surface area contributed by atoms with Crippen molar-refractivity contribution in [2.45, 2.75) is 19.8 Å². The Labute approximate surface area is 158 Å². The molecular formula is C22H22N4O. The summed E-state index contributed by atoms with van der Waals surface area (Å²) in [5.41, 5.74) is 10.9. The molecule has 1 aliphatic heterocycles. The molecule has 5 nitrogen and oxygen atoms in total. The van der Waals surface area contributed by atoms with Crippen molar-refractivity contribution in [2.75, 3.05) is 18.0 Å². The van der Waals surface area contributed by atoms with Crippen LogP contribution in [0.1, 0.15) is 28.8 Å². The van der Waals surface area contributed by atoms with Gasteiger partial charge in [-0.05, 0) is 37.5 Å². The van der Waals surface area contributed by atoms with Crippen LogP contribution in [-0.2, 0) is 0 Å². The molecule has 1 amide bonds. The molecule has 0 unspecified atom stereocenters. The van der Waals surface area contributed by atoms with Crippen LogP contribution in [0.15, 0.2) is 54.7 Å². The van der Waals surface area contributed by atoms with Crippen molar-refractivity contribution >= 4 is 11.9 Å². The molecule has 2 heterocycles. The number of carbonyl (C=O) groups is 1. The highest BCUT2D eigenvalue weighted by Gasteiger charge is 2.18. The van der Waals surface area contributed by atoms with Crippen LogP contribution in [0.25, 0.3) is 22.4 Å². The van der Waals surface area contributed by atoms with E-state index in [1.165, 1.54) is 18.4 Å². The number of aryl methyl sites for hydroxylation is 1. The predicted octanol–water partition coefficient (Wildman–Crippen LogP) is 3.82. The molecule has 136 valence electrons. The smallest absolute Gasteiger partial charge is 0.248 e. The first-order valence-corrected chi connectivity index (χ1v) is 9.21. The van der Waals surface area contributed by atoms with Crippen molar-refractivity contribution in [1.29, 1.82) is 0 Å². The fourth-order valence-corrected chi connectivity index (χ4v) is 3.40. The normalized spacial score (nSPS) is 13.7. The van der Waals surface area contributed by atoms with Crippen molar-refractivity contribution in [1.82, 2.24) is 9.97 Å². The van der Waals surface area contributed by atoms with E-state index in [0.29, 0.717) is 5.56 Å². The van der Waals surface area contributed by atoms with Crippen LogP contribution in [0.5, 0.6) is 0 Å². The lowest BCUT2D eigenvalue weighted by Gasteiger charge is -2.18. The Morgan fingerprint density at radius 1 is 0.963 bits per heavy atom. The molecule has 3 aromatic rings. The maximum atomic E-state index is 11.4. The lowest BCUT2D eigenvalue weighted by Crippen LogP contribution is -2.20. The summed E-state index contributed by atoms with van der Waals surface area (Å²) >= 11 is 0. The quantitative estimate of drug-likeness (QED) is 0.769. The third-order valence-corrected chi connectivity index (χ3v) is 4.97. The first-order chi connectivity index (χ1) is 13.1. The standard InChI is InChI=1S/C22H22N4O/c1-15-4-6-17(7-5-15)20-19(16-8-10-18(11-9-16)21(23)27)14-24-22(25-20)26-12-2-3-13-26/h4-11,14H,2-3,12-13H2,1H3,(H2,23,27). The van der Waals surface area contributed by atoms with E-state index in [2.05, 4.69) is 41.1 Å². The fraction of sp³-hybridized carbons (Fsp3) is 0.227. The van der Waals surface area contributed by atoms with Crippen LogP contribution >= 0.6 is 0 Å². The van der Waals surface area contributed by atoms with Crippen LogP contribution < -0.4 is 10.6 Å². The van der Waals surface area contributed by atoms with Gasteiger partial charge in [-0.3, -0.25) is 4.79 Å². The Balaban J connectivity index is 1.81. The summed E-state index contributed by atoms with van der Waals surface area (Å²) in [5.74, 6) is 0.349. The van der Waals surface area contributed by atoms with Crippen molar-refractivity contribution < 1.29 is 4.79 Å². The number of nitrogens with two attached hydrogens (primary N) is 1. The highest BCUT2D eigenvalue weighted by atomic mass is 16.1. The summed E-state index contributed by atoms with van der Waals surface area (Å²) in [4.78, 5) is 23.1. The number of anilines is 1. The van der Waals surface area contributed by atoms with E-state index in [-0.39, 0.29) is 0 Å². The van der Waals surface area contributed by atoms with Gasteiger partial charge in [-0.2, -0.15) is 0 Å². The second-order valence-electron chi connectivity index (χ2n) is 6.93. The third kappa shape index (κ3) is 3.53. The molecule has 0 radical (unpaired) electrons. The molecular weight excluding hydrogens is 336 g/mol. The fourth-order valence-electron chi connectivity index (χ4n) is 3.40. The average molecular weight is 358 g/mol. The Morgan fingerprint density at radius 2 is 1.59 bits per heavy atom. The van der Waals surface area contributed by atoms with Gasteiger partial charge in [0.05, 0.1) is 5.69 Å². The number of primary amides is 1. The lowest BCUT2D eigenvalue weighted by molar-refractivity contribution is 0.100. The zero-order chi connectivity index (χ0) is 18.8. The van der Waals surface area contributed by atoms with E-state index >= 15 is 0 Å². The minimum absolute atomic E-state index is 0.430. The molecule has 0 spiro atoms. The summed E-state index contributed by atoms with van der Waals surface area (Å²) in [7, 11) is 0. The lowest BCUT2D eigenvalue weighted by atomic mass is 9.99. The van der Waals surface area contributed by atoms with Gasteiger partial charge in [-0.25, -0.2) is 9.97 Å². The maximum absolute atomic E-state index is 11.4. The first kappa shape index (κ1) is 17.2. The number of aromatic nitrogens is 2. The minimum atomic E-state index is -0.430. The van der Waals surface area contributed by atoms with Crippen LogP contribution in [0.3, 0.4) is 0 Å². The predicted molar refractivity (Wildman–Crippen MR) is 108 cm³/mol. The van der Waals surface area contributed by atoms with Gasteiger partial charge in [0, 0.05) is 36.0 Å². The van der Waals surface area contributed by atoms with Gasteiger partial charge in [-0.15, -0.1) is 0 Å². The molecule has 2 N–H and O–H groups in total. The van der Waals surface area contributed by atoms with Crippen LogP contribution in [0.2, 0.25) is 0 Å². The second-order valence-corrected chi connectivity index (χ2v) is 6.93. The Morgan fingerprint density at radius 3 is 2.22 bits per heavy atom. The second kappa shape index (κ2) is 7.19. The van der Waals surface area contributed by atoms with E-state index in [4.69, 9.17) is 10.7 Å². The number of nitrogens with zero attached hydrogens (tertiary/aromatic N) is 3. The van der Waals surface area contributed by atoms with Gasteiger partial charge in [-0.1, -0.05) is 42.0 Å². The number of hydrogen-bond donors (Lipinski definition) is 1. The topological polar surface area (TPSA) is 72.1 Å². The van der Waals surface area contributed by atoms with Crippen LogP contribution in [0, 0.1) is 6.92 Å². The number of rotatable bonds is 4. The summed E-state index contributed by atoms with van der Waals surface area (Å²) in [6.07, 6.45) is 4.24. The molecule has 0 atom stereocenters. The number of carbonyl (C=O) groups excluding carboxylic acids is 1.